The second kappa shape index (κ2) is 8.50. The minimum atomic E-state index is -0.782. The number of nitriles is 1. The first-order valence-corrected chi connectivity index (χ1v) is 7.56. The molecule has 1 aliphatic heterocycles. The van der Waals surface area contributed by atoms with Crippen molar-refractivity contribution in [3.63, 3.8) is 0 Å². The molecule has 1 atom stereocenters. The van der Waals surface area contributed by atoms with Crippen LogP contribution in [-0.4, -0.2) is 53.1 Å². The van der Waals surface area contributed by atoms with E-state index in [0.29, 0.717) is 44.9 Å². The highest BCUT2D eigenvalue weighted by atomic mass is 16.4. The Hall–Kier alpha value is -1.77. The third kappa shape index (κ3) is 6.03. The van der Waals surface area contributed by atoms with E-state index >= 15 is 0 Å². The zero-order valence-corrected chi connectivity index (χ0v) is 12.9. The summed E-state index contributed by atoms with van der Waals surface area (Å²) in [6, 6.07) is 2.06. The molecular formula is C15H25N3O3. The Morgan fingerprint density at radius 1 is 1.48 bits per heavy atom. The van der Waals surface area contributed by atoms with Gasteiger partial charge in [0.05, 0.1) is 12.5 Å². The van der Waals surface area contributed by atoms with Crippen molar-refractivity contribution in [1.82, 2.24) is 9.80 Å². The smallest absolute Gasteiger partial charge is 0.320 e. The third-order valence-corrected chi connectivity index (χ3v) is 3.67. The number of carbonyl (C=O) groups is 2. The van der Waals surface area contributed by atoms with Crippen molar-refractivity contribution in [2.24, 2.45) is 11.8 Å². The van der Waals surface area contributed by atoms with Crippen LogP contribution < -0.4 is 0 Å². The first-order chi connectivity index (χ1) is 9.93. The largest absolute Gasteiger partial charge is 0.481 e. The van der Waals surface area contributed by atoms with Gasteiger partial charge >= 0.3 is 12.0 Å². The molecule has 0 aromatic carbocycles. The zero-order chi connectivity index (χ0) is 15.8. The molecule has 118 valence electrons. The van der Waals surface area contributed by atoms with Gasteiger partial charge in [-0.25, -0.2) is 4.79 Å². The summed E-state index contributed by atoms with van der Waals surface area (Å²) in [5, 5.41) is 17.4. The van der Waals surface area contributed by atoms with Gasteiger partial charge in [0.2, 0.25) is 0 Å². The fourth-order valence-electron chi connectivity index (χ4n) is 2.66. The molecule has 1 saturated heterocycles. The number of nitrogens with zero attached hydrogens (tertiary/aromatic N) is 3. The number of aliphatic carboxylic acids is 1. The number of rotatable bonds is 7. The van der Waals surface area contributed by atoms with Crippen LogP contribution >= 0.6 is 0 Å². The minimum absolute atomic E-state index is 0.0169. The van der Waals surface area contributed by atoms with E-state index in [4.69, 9.17) is 10.4 Å². The van der Waals surface area contributed by atoms with Crippen LogP contribution in [0.25, 0.3) is 0 Å². The molecule has 1 rings (SSSR count). The minimum Gasteiger partial charge on any atom is -0.481 e. The van der Waals surface area contributed by atoms with Crippen LogP contribution in [0.5, 0.6) is 0 Å². The van der Waals surface area contributed by atoms with Crippen molar-refractivity contribution in [1.29, 1.82) is 5.26 Å². The highest BCUT2D eigenvalue weighted by Crippen LogP contribution is 2.22. The maximum absolute atomic E-state index is 12.5. The molecule has 1 fully saturated rings. The Morgan fingerprint density at radius 2 is 2.19 bits per heavy atom. The Balaban J connectivity index is 2.51. The van der Waals surface area contributed by atoms with Gasteiger partial charge in [0.1, 0.15) is 0 Å². The lowest BCUT2D eigenvalue weighted by atomic mass is 10.0. The third-order valence-electron chi connectivity index (χ3n) is 3.67. The Morgan fingerprint density at radius 3 is 2.76 bits per heavy atom. The van der Waals surface area contributed by atoms with E-state index in [-0.39, 0.29) is 18.4 Å². The van der Waals surface area contributed by atoms with Gasteiger partial charge in [-0.3, -0.25) is 4.79 Å². The zero-order valence-electron chi connectivity index (χ0n) is 12.9. The summed E-state index contributed by atoms with van der Waals surface area (Å²) in [5.74, 6) is -0.143. The first kappa shape index (κ1) is 17.3. The Labute approximate surface area is 126 Å². The standard InChI is InChI=1S/C15H25N3O3/c1-12(2)10-17(8-3-7-16)15(21)18-9-6-13(11-18)4-5-14(19)20/h12-13H,3-6,8-11H2,1-2H3,(H,19,20). The van der Waals surface area contributed by atoms with Crippen LogP contribution in [0.4, 0.5) is 4.79 Å². The fourth-order valence-corrected chi connectivity index (χ4v) is 2.66. The monoisotopic (exact) mass is 295 g/mol. The molecule has 1 aliphatic rings. The van der Waals surface area contributed by atoms with Gasteiger partial charge in [0, 0.05) is 32.6 Å². The lowest BCUT2D eigenvalue weighted by molar-refractivity contribution is -0.137. The van der Waals surface area contributed by atoms with E-state index in [1.165, 1.54) is 0 Å². The van der Waals surface area contributed by atoms with Crippen molar-refractivity contribution in [2.45, 2.75) is 39.5 Å². The Bertz CT molecular complexity index is 403. The summed E-state index contributed by atoms with van der Waals surface area (Å²) in [5.41, 5.74) is 0. The summed E-state index contributed by atoms with van der Waals surface area (Å²) in [7, 11) is 0. The van der Waals surface area contributed by atoms with Gasteiger partial charge in [-0.2, -0.15) is 5.26 Å². The van der Waals surface area contributed by atoms with Crippen LogP contribution in [0.1, 0.15) is 39.5 Å². The molecule has 1 N–H and O–H groups in total. The summed E-state index contributed by atoms with van der Waals surface area (Å²) in [6.45, 7) is 6.52. The molecule has 6 heteroatoms. The van der Waals surface area contributed by atoms with Crippen LogP contribution in [0.15, 0.2) is 0 Å². The Kier molecular flexibility index (Phi) is 7.00. The van der Waals surface area contributed by atoms with Gasteiger partial charge in [-0.05, 0) is 24.7 Å². The van der Waals surface area contributed by atoms with E-state index in [1.54, 1.807) is 9.80 Å². The number of amides is 2. The molecule has 0 aromatic heterocycles. The SMILES string of the molecule is CC(C)CN(CCC#N)C(=O)N1CCC(CCC(=O)O)C1. The molecule has 0 saturated carbocycles. The van der Waals surface area contributed by atoms with Gasteiger partial charge in [0.15, 0.2) is 0 Å². The first-order valence-electron chi connectivity index (χ1n) is 7.56. The number of carboxylic acids is 1. The highest BCUT2D eigenvalue weighted by molar-refractivity contribution is 5.74. The molecule has 0 spiro atoms. The fraction of sp³-hybridized carbons (Fsp3) is 0.800. The quantitative estimate of drug-likeness (QED) is 0.780. The number of urea groups is 1. The highest BCUT2D eigenvalue weighted by Gasteiger charge is 2.29. The van der Waals surface area contributed by atoms with E-state index in [9.17, 15) is 9.59 Å². The predicted molar refractivity (Wildman–Crippen MR) is 78.6 cm³/mol. The lowest BCUT2D eigenvalue weighted by Gasteiger charge is -2.29. The molecule has 0 bridgehead atoms. The van der Waals surface area contributed by atoms with Crippen molar-refractivity contribution in [3.05, 3.63) is 0 Å². The molecular weight excluding hydrogens is 270 g/mol. The molecule has 21 heavy (non-hydrogen) atoms. The summed E-state index contributed by atoms with van der Waals surface area (Å²) in [4.78, 5) is 26.6. The van der Waals surface area contributed by atoms with Crippen molar-refractivity contribution >= 4 is 12.0 Å². The number of carboxylic acid groups (broad SMARTS) is 1. The molecule has 6 nitrogen and oxygen atoms in total. The maximum atomic E-state index is 12.5. The summed E-state index contributed by atoms with van der Waals surface area (Å²) in [6.07, 6.45) is 2.00. The summed E-state index contributed by atoms with van der Waals surface area (Å²) >= 11 is 0. The number of hydrogen-bond acceptors (Lipinski definition) is 3. The van der Waals surface area contributed by atoms with Crippen molar-refractivity contribution in [3.8, 4) is 6.07 Å². The van der Waals surface area contributed by atoms with Gasteiger partial charge in [-0.1, -0.05) is 13.8 Å². The molecule has 1 unspecified atom stereocenters. The average Bonchev–Trinajstić information content (AvgIpc) is 2.88. The molecule has 0 aliphatic carbocycles. The van der Waals surface area contributed by atoms with Crippen molar-refractivity contribution < 1.29 is 14.7 Å². The van der Waals surface area contributed by atoms with Crippen LogP contribution in [0, 0.1) is 23.2 Å². The van der Waals surface area contributed by atoms with E-state index in [0.717, 1.165) is 6.42 Å². The molecule has 2 amide bonds. The van der Waals surface area contributed by atoms with Crippen LogP contribution in [0.2, 0.25) is 0 Å². The second-order valence-corrected chi connectivity index (χ2v) is 6.06. The number of carbonyl (C=O) groups excluding carboxylic acids is 1. The van der Waals surface area contributed by atoms with E-state index < -0.39 is 5.97 Å². The normalized spacial score (nSPS) is 17.8. The number of hydrogen-bond donors (Lipinski definition) is 1. The van der Waals surface area contributed by atoms with E-state index in [2.05, 4.69) is 6.07 Å². The maximum Gasteiger partial charge on any atom is 0.320 e. The predicted octanol–water partition coefficient (Wildman–Crippen LogP) is 2.16. The second-order valence-electron chi connectivity index (χ2n) is 6.06. The van der Waals surface area contributed by atoms with Crippen LogP contribution in [-0.2, 0) is 4.79 Å². The lowest BCUT2D eigenvalue weighted by Crippen LogP contribution is -2.44. The topological polar surface area (TPSA) is 84.6 Å². The van der Waals surface area contributed by atoms with Crippen molar-refractivity contribution in [2.75, 3.05) is 26.2 Å². The molecule has 1 heterocycles. The van der Waals surface area contributed by atoms with Crippen LogP contribution in [0.3, 0.4) is 0 Å². The van der Waals surface area contributed by atoms with Gasteiger partial charge in [0.25, 0.3) is 0 Å². The summed E-state index contributed by atoms with van der Waals surface area (Å²) < 4.78 is 0. The molecule has 0 aromatic rings. The van der Waals surface area contributed by atoms with Gasteiger partial charge < -0.3 is 14.9 Å². The van der Waals surface area contributed by atoms with E-state index in [1.807, 2.05) is 13.8 Å². The molecule has 0 radical (unpaired) electrons. The average molecular weight is 295 g/mol. The van der Waals surface area contributed by atoms with Gasteiger partial charge in [-0.15, -0.1) is 0 Å². The number of likely N-dealkylation sites (tertiary alicyclic amines) is 1.